The van der Waals surface area contributed by atoms with E-state index in [1.165, 1.54) is 51.7 Å². The zero-order valence-corrected chi connectivity index (χ0v) is 14.1. The molecule has 2 aromatic rings. The smallest absolute Gasteiger partial charge is 0.496 e. The Hall–Kier alpha value is -3.10. The quantitative estimate of drug-likeness (QED) is 0.835. The van der Waals surface area contributed by atoms with Crippen molar-refractivity contribution < 1.29 is 36.9 Å². The Morgan fingerprint density at radius 3 is 2.04 bits per heavy atom. The van der Waals surface area contributed by atoms with Gasteiger partial charge in [-0.15, -0.1) is 13.2 Å². The number of halogens is 3. The lowest BCUT2D eigenvalue weighted by Crippen LogP contribution is -2.20. The van der Waals surface area contributed by atoms with Crippen molar-refractivity contribution >= 4 is 11.6 Å². The highest BCUT2D eigenvalue weighted by atomic mass is 19.4. The molecular formula is C17H16F3NO5. The summed E-state index contributed by atoms with van der Waals surface area (Å²) in [6, 6.07) is 7.99. The third-order valence-corrected chi connectivity index (χ3v) is 3.31. The van der Waals surface area contributed by atoms with Gasteiger partial charge in [-0.25, -0.2) is 0 Å². The molecule has 1 N–H and O–H groups in total. The summed E-state index contributed by atoms with van der Waals surface area (Å²) in [4.78, 5) is 12.6. The first-order valence-electron chi connectivity index (χ1n) is 7.25. The molecule has 0 aliphatic rings. The van der Waals surface area contributed by atoms with Crippen LogP contribution in [-0.4, -0.2) is 33.6 Å². The number of hydrogen-bond donors (Lipinski definition) is 1. The van der Waals surface area contributed by atoms with E-state index in [9.17, 15) is 18.0 Å². The first-order valence-corrected chi connectivity index (χ1v) is 7.25. The Kier molecular flexibility index (Phi) is 5.81. The summed E-state index contributed by atoms with van der Waals surface area (Å²) >= 11 is 0. The molecule has 0 saturated heterocycles. The predicted octanol–water partition coefficient (Wildman–Crippen LogP) is 3.86. The molecule has 2 aromatic carbocycles. The predicted molar refractivity (Wildman–Crippen MR) is 87.2 cm³/mol. The van der Waals surface area contributed by atoms with E-state index in [-0.39, 0.29) is 22.7 Å². The van der Waals surface area contributed by atoms with Crippen molar-refractivity contribution in [2.45, 2.75) is 6.36 Å². The number of nitrogens with one attached hydrogen (secondary N) is 1. The average molecular weight is 371 g/mol. The van der Waals surface area contributed by atoms with E-state index in [2.05, 4.69) is 10.1 Å². The van der Waals surface area contributed by atoms with Crippen molar-refractivity contribution in [3.63, 3.8) is 0 Å². The number of para-hydroxylation sites is 2. The maximum Gasteiger partial charge on any atom is 0.573 e. The number of methoxy groups -OCH3 is 3. The van der Waals surface area contributed by atoms with Gasteiger partial charge in [0.1, 0.15) is 5.75 Å². The van der Waals surface area contributed by atoms with Crippen LogP contribution >= 0.6 is 0 Å². The van der Waals surface area contributed by atoms with E-state index in [1.807, 2.05) is 0 Å². The van der Waals surface area contributed by atoms with Gasteiger partial charge in [-0.1, -0.05) is 12.1 Å². The lowest BCUT2D eigenvalue weighted by molar-refractivity contribution is -0.274. The first kappa shape index (κ1) is 19.2. The second-order valence-corrected chi connectivity index (χ2v) is 4.91. The van der Waals surface area contributed by atoms with E-state index >= 15 is 0 Å². The van der Waals surface area contributed by atoms with Gasteiger partial charge in [0.25, 0.3) is 5.91 Å². The maximum atomic E-state index is 12.6. The molecule has 0 saturated carbocycles. The SMILES string of the molecule is COc1cc(OC)c(C(=O)Nc2ccccc2OC(F)(F)F)cc1OC. The van der Waals surface area contributed by atoms with Crippen molar-refractivity contribution in [3.8, 4) is 23.0 Å². The minimum Gasteiger partial charge on any atom is -0.496 e. The number of amides is 1. The van der Waals surface area contributed by atoms with E-state index < -0.39 is 18.0 Å². The van der Waals surface area contributed by atoms with Gasteiger partial charge in [0.05, 0.1) is 32.6 Å². The zero-order valence-electron chi connectivity index (χ0n) is 14.1. The number of benzene rings is 2. The van der Waals surface area contributed by atoms with Crippen molar-refractivity contribution in [3.05, 3.63) is 42.0 Å². The molecule has 6 nitrogen and oxygen atoms in total. The average Bonchev–Trinajstić information content (AvgIpc) is 2.60. The van der Waals surface area contributed by atoms with Crippen LogP contribution in [0.2, 0.25) is 0 Å². The molecule has 0 fully saturated rings. The second kappa shape index (κ2) is 7.85. The number of anilines is 1. The number of carbonyl (C=O) groups excluding carboxylic acids is 1. The standard InChI is InChI=1S/C17H16F3NO5/c1-23-13-9-15(25-3)14(24-2)8-10(13)16(22)21-11-6-4-5-7-12(11)26-17(18,19)20/h4-9H,1-3H3,(H,21,22). The molecule has 0 radical (unpaired) electrons. The number of hydrogen-bond acceptors (Lipinski definition) is 5. The monoisotopic (exact) mass is 371 g/mol. The molecule has 0 atom stereocenters. The van der Waals surface area contributed by atoms with Crippen molar-refractivity contribution in [2.24, 2.45) is 0 Å². The van der Waals surface area contributed by atoms with Crippen LogP contribution in [0.4, 0.5) is 18.9 Å². The van der Waals surface area contributed by atoms with Crippen LogP contribution in [0.25, 0.3) is 0 Å². The molecule has 26 heavy (non-hydrogen) atoms. The van der Waals surface area contributed by atoms with Gasteiger partial charge in [0, 0.05) is 12.1 Å². The third-order valence-electron chi connectivity index (χ3n) is 3.31. The van der Waals surface area contributed by atoms with Crippen molar-refractivity contribution in [1.29, 1.82) is 0 Å². The molecule has 1 amide bonds. The van der Waals surface area contributed by atoms with E-state index in [0.29, 0.717) is 5.75 Å². The molecular weight excluding hydrogens is 355 g/mol. The molecule has 0 aromatic heterocycles. The summed E-state index contributed by atoms with van der Waals surface area (Å²) in [6.45, 7) is 0. The minimum atomic E-state index is -4.89. The van der Waals surface area contributed by atoms with E-state index in [0.717, 1.165) is 6.07 Å². The van der Waals surface area contributed by atoms with Gasteiger partial charge in [0.2, 0.25) is 0 Å². The number of rotatable bonds is 6. The molecule has 2 rings (SSSR count). The lowest BCUT2D eigenvalue weighted by atomic mass is 10.1. The molecule has 0 heterocycles. The fraction of sp³-hybridized carbons (Fsp3) is 0.235. The maximum absolute atomic E-state index is 12.6. The van der Waals surface area contributed by atoms with Crippen LogP contribution in [0.5, 0.6) is 23.0 Å². The van der Waals surface area contributed by atoms with Crippen molar-refractivity contribution in [1.82, 2.24) is 0 Å². The Balaban J connectivity index is 2.37. The number of carbonyl (C=O) groups is 1. The second-order valence-electron chi connectivity index (χ2n) is 4.91. The van der Waals surface area contributed by atoms with Gasteiger partial charge >= 0.3 is 6.36 Å². The van der Waals surface area contributed by atoms with Crippen LogP contribution in [0, 0.1) is 0 Å². The minimum absolute atomic E-state index is 0.0481. The molecule has 0 bridgehead atoms. The van der Waals surface area contributed by atoms with Crippen LogP contribution < -0.4 is 24.3 Å². The number of ether oxygens (including phenoxy) is 4. The molecule has 9 heteroatoms. The molecule has 0 spiro atoms. The first-order chi connectivity index (χ1) is 12.3. The normalized spacial score (nSPS) is 10.8. The van der Waals surface area contributed by atoms with E-state index in [4.69, 9.17) is 14.2 Å². The third kappa shape index (κ3) is 4.50. The zero-order chi connectivity index (χ0) is 19.3. The molecule has 0 aliphatic carbocycles. The summed E-state index contributed by atoms with van der Waals surface area (Å²) in [5.41, 5.74) is -0.0985. The molecule has 0 aliphatic heterocycles. The summed E-state index contributed by atoms with van der Waals surface area (Å²) in [6.07, 6.45) is -4.89. The largest absolute Gasteiger partial charge is 0.573 e. The highest BCUT2D eigenvalue weighted by Crippen LogP contribution is 2.36. The van der Waals surface area contributed by atoms with Crippen LogP contribution in [-0.2, 0) is 0 Å². The fourth-order valence-electron chi connectivity index (χ4n) is 2.18. The Labute approximate surface area is 147 Å². The highest BCUT2D eigenvalue weighted by molar-refractivity contribution is 6.07. The lowest BCUT2D eigenvalue weighted by Gasteiger charge is -2.16. The van der Waals surface area contributed by atoms with E-state index in [1.54, 1.807) is 0 Å². The number of alkyl halides is 3. The topological polar surface area (TPSA) is 66.0 Å². The fourth-order valence-corrected chi connectivity index (χ4v) is 2.18. The van der Waals surface area contributed by atoms with Gasteiger partial charge in [-0.2, -0.15) is 0 Å². The summed E-state index contributed by atoms with van der Waals surface area (Å²) < 4.78 is 56.8. The van der Waals surface area contributed by atoms with Crippen molar-refractivity contribution in [2.75, 3.05) is 26.6 Å². The van der Waals surface area contributed by atoms with Crippen LogP contribution in [0.3, 0.4) is 0 Å². The molecule has 140 valence electrons. The van der Waals surface area contributed by atoms with Crippen LogP contribution in [0.1, 0.15) is 10.4 Å². The summed E-state index contributed by atoms with van der Waals surface area (Å²) in [7, 11) is 4.15. The molecule has 0 unspecified atom stereocenters. The van der Waals surface area contributed by atoms with Gasteiger partial charge in [-0.3, -0.25) is 4.79 Å². The summed E-state index contributed by atoms with van der Waals surface area (Å²) in [5, 5.41) is 2.37. The Morgan fingerprint density at radius 2 is 1.46 bits per heavy atom. The van der Waals surface area contributed by atoms with Gasteiger partial charge in [0.15, 0.2) is 17.2 Å². The Morgan fingerprint density at radius 1 is 0.885 bits per heavy atom. The van der Waals surface area contributed by atoms with Gasteiger partial charge < -0.3 is 24.3 Å². The highest BCUT2D eigenvalue weighted by Gasteiger charge is 2.32. The Bertz CT molecular complexity index is 792. The summed E-state index contributed by atoms with van der Waals surface area (Å²) in [5.74, 6) is -0.483. The van der Waals surface area contributed by atoms with Crippen LogP contribution in [0.15, 0.2) is 36.4 Å². The van der Waals surface area contributed by atoms with Gasteiger partial charge in [-0.05, 0) is 12.1 Å².